The second kappa shape index (κ2) is 10.3. The lowest BCUT2D eigenvalue weighted by atomic mass is 10.2. The molecule has 3 aromatic rings. The molecule has 1 N–H and O–H groups in total. The van der Waals surface area contributed by atoms with Crippen molar-refractivity contribution >= 4 is 43.5 Å². The van der Waals surface area contributed by atoms with Crippen LogP contribution in [0.5, 0.6) is 17.4 Å². The number of rotatable bonds is 9. The van der Waals surface area contributed by atoms with Gasteiger partial charge in [-0.2, -0.15) is 0 Å². The summed E-state index contributed by atoms with van der Waals surface area (Å²) in [6, 6.07) is 8.55. The van der Waals surface area contributed by atoms with Gasteiger partial charge in [0.05, 0.1) is 41.8 Å². The number of sulfone groups is 1. The van der Waals surface area contributed by atoms with Crippen LogP contribution in [0.2, 0.25) is 0 Å². The third-order valence-corrected chi connectivity index (χ3v) is 7.35. The normalized spacial score (nSPS) is 15.9. The molecular formula is C24H27N3O6S2. The van der Waals surface area contributed by atoms with Crippen LogP contribution in [0.25, 0.3) is 10.9 Å². The Kier molecular flexibility index (Phi) is 7.36. The van der Waals surface area contributed by atoms with Crippen LogP contribution in [-0.4, -0.2) is 60.2 Å². The van der Waals surface area contributed by atoms with Gasteiger partial charge in [-0.05, 0) is 39.0 Å². The zero-order chi connectivity index (χ0) is 25.2. The van der Waals surface area contributed by atoms with Gasteiger partial charge in [-0.15, -0.1) is 0 Å². The molecule has 1 aliphatic heterocycles. The monoisotopic (exact) mass is 517 g/mol. The number of aliphatic imine (C=N–C) groups is 1. The minimum atomic E-state index is -3.34. The number of pyridine rings is 1. The van der Waals surface area contributed by atoms with Gasteiger partial charge in [0.1, 0.15) is 16.5 Å². The Morgan fingerprint density at radius 3 is 2.71 bits per heavy atom. The summed E-state index contributed by atoms with van der Waals surface area (Å²) in [5.74, 6) is 1.16. The summed E-state index contributed by atoms with van der Waals surface area (Å²) in [6.45, 7) is 6.58. The van der Waals surface area contributed by atoms with Crippen LogP contribution in [-0.2, 0) is 19.4 Å². The number of thioether (sulfide) groups is 1. The summed E-state index contributed by atoms with van der Waals surface area (Å²) < 4.78 is 40.3. The Morgan fingerprint density at radius 2 is 2.06 bits per heavy atom. The van der Waals surface area contributed by atoms with Crippen molar-refractivity contribution in [1.29, 1.82) is 0 Å². The highest BCUT2D eigenvalue weighted by Crippen LogP contribution is 2.36. The summed E-state index contributed by atoms with van der Waals surface area (Å²) in [7, 11) is -3.34. The Hall–Kier alpha value is -3.05. The number of aromatic amines is 1. The molecule has 1 unspecified atom stereocenters. The minimum absolute atomic E-state index is 0.0433. The number of esters is 1. The van der Waals surface area contributed by atoms with Crippen LogP contribution >= 0.6 is 11.8 Å². The van der Waals surface area contributed by atoms with Crippen LogP contribution in [0.1, 0.15) is 32.9 Å². The molecule has 11 heteroatoms. The van der Waals surface area contributed by atoms with Crippen molar-refractivity contribution in [2.24, 2.45) is 4.99 Å². The van der Waals surface area contributed by atoms with Gasteiger partial charge < -0.3 is 19.2 Å². The van der Waals surface area contributed by atoms with Gasteiger partial charge in [0.15, 0.2) is 9.84 Å². The number of aromatic nitrogens is 2. The van der Waals surface area contributed by atoms with E-state index in [1.54, 1.807) is 24.8 Å². The lowest BCUT2D eigenvalue weighted by molar-refractivity contribution is -0.143. The van der Waals surface area contributed by atoms with Gasteiger partial charge in [-0.3, -0.25) is 9.79 Å². The minimum Gasteiger partial charge on any atom is -0.489 e. The summed E-state index contributed by atoms with van der Waals surface area (Å²) in [5.41, 5.74) is 1.64. The average molecular weight is 518 g/mol. The van der Waals surface area contributed by atoms with Gasteiger partial charge in [0.25, 0.3) is 0 Å². The molecular weight excluding hydrogens is 490 g/mol. The fraction of sp³-hybridized carbons (Fsp3) is 0.375. The number of fused-ring (bicyclic) bond motifs is 1. The lowest BCUT2D eigenvalue weighted by Crippen LogP contribution is -2.14. The van der Waals surface area contributed by atoms with Crippen molar-refractivity contribution in [3.05, 3.63) is 42.2 Å². The van der Waals surface area contributed by atoms with Crippen molar-refractivity contribution in [3.63, 3.8) is 0 Å². The molecule has 0 amide bonds. The smallest absolute Gasteiger partial charge is 0.306 e. The zero-order valence-electron chi connectivity index (χ0n) is 19.9. The molecule has 2 aromatic heterocycles. The van der Waals surface area contributed by atoms with E-state index >= 15 is 0 Å². The summed E-state index contributed by atoms with van der Waals surface area (Å²) >= 11 is 1.55. The van der Waals surface area contributed by atoms with Crippen molar-refractivity contribution in [2.75, 3.05) is 19.4 Å². The molecule has 0 bridgehead atoms. The first-order chi connectivity index (χ1) is 16.6. The standard InChI is InChI=1S/C24H27N3O6S2/c1-5-31-22(28)11-17-12-26-24(34-17)19-9-15-8-16(10-20(23(15)27-19)32-14(2)3)33-21-7-6-18(13-25-21)35(4,29)30/h6-10,13-14,17,27H,5,11-12H2,1-4H3. The van der Waals surface area contributed by atoms with Crippen molar-refractivity contribution < 1.29 is 27.4 Å². The molecule has 1 atom stereocenters. The maximum Gasteiger partial charge on any atom is 0.306 e. The maximum absolute atomic E-state index is 11.8. The molecule has 0 saturated heterocycles. The molecule has 0 spiro atoms. The average Bonchev–Trinajstić information content (AvgIpc) is 3.40. The zero-order valence-corrected chi connectivity index (χ0v) is 21.5. The number of nitrogens with zero attached hydrogens (tertiary/aromatic N) is 2. The number of hydrogen-bond donors (Lipinski definition) is 1. The highest BCUT2D eigenvalue weighted by atomic mass is 32.2. The highest BCUT2D eigenvalue weighted by Gasteiger charge is 2.25. The van der Waals surface area contributed by atoms with E-state index in [2.05, 4.69) is 15.0 Å². The predicted molar refractivity (Wildman–Crippen MR) is 136 cm³/mol. The van der Waals surface area contributed by atoms with Crippen LogP contribution < -0.4 is 9.47 Å². The van der Waals surface area contributed by atoms with E-state index in [1.165, 1.54) is 18.3 Å². The Morgan fingerprint density at radius 1 is 1.26 bits per heavy atom. The van der Waals surface area contributed by atoms with Crippen LogP contribution in [0.15, 0.2) is 46.4 Å². The van der Waals surface area contributed by atoms with E-state index in [0.29, 0.717) is 31.1 Å². The number of ether oxygens (including phenoxy) is 3. The van der Waals surface area contributed by atoms with Gasteiger partial charge in [0, 0.05) is 35.2 Å². The van der Waals surface area contributed by atoms with E-state index in [1.807, 2.05) is 26.0 Å². The topological polar surface area (TPSA) is 120 Å². The van der Waals surface area contributed by atoms with Crippen LogP contribution in [0.4, 0.5) is 0 Å². The van der Waals surface area contributed by atoms with Crippen LogP contribution in [0.3, 0.4) is 0 Å². The number of H-pyrrole nitrogens is 1. The van der Waals surface area contributed by atoms with Crippen molar-refractivity contribution in [2.45, 2.75) is 43.4 Å². The molecule has 3 heterocycles. The van der Waals surface area contributed by atoms with Gasteiger partial charge >= 0.3 is 5.97 Å². The predicted octanol–water partition coefficient (Wildman–Crippen LogP) is 4.36. The molecule has 0 aliphatic carbocycles. The van der Waals surface area contributed by atoms with Crippen molar-refractivity contribution in [1.82, 2.24) is 9.97 Å². The van der Waals surface area contributed by atoms with E-state index in [-0.39, 0.29) is 28.1 Å². The van der Waals surface area contributed by atoms with E-state index in [4.69, 9.17) is 14.2 Å². The quantitative estimate of drug-likeness (QED) is 0.416. The first-order valence-corrected chi connectivity index (χ1v) is 13.9. The number of carbonyl (C=O) groups is 1. The fourth-order valence-corrected chi connectivity index (χ4v) is 5.18. The van der Waals surface area contributed by atoms with Gasteiger partial charge in [-0.25, -0.2) is 13.4 Å². The summed E-state index contributed by atoms with van der Waals surface area (Å²) in [4.78, 5) is 24.1. The van der Waals surface area contributed by atoms with Gasteiger partial charge in [-0.1, -0.05) is 11.8 Å². The largest absolute Gasteiger partial charge is 0.489 e. The summed E-state index contributed by atoms with van der Waals surface area (Å²) in [6.07, 6.45) is 2.64. The molecule has 0 saturated carbocycles. The second-order valence-electron chi connectivity index (χ2n) is 8.34. The molecule has 0 fully saturated rings. The molecule has 35 heavy (non-hydrogen) atoms. The lowest BCUT2D eigenvalue weighted by Gasteiger charge is -2.13. The van der Waals surface area contributed by atoms with Crippen LogP contribution in [0, 0.1) is 0 Å². The third-order valence-electron chi connectivity index (χ3n) is 5.04. The number of benzene rings is 1. The molecule has 1 aliphatic rings. The Labute approximate surface area is 208 Å². The summed E-state index contributed by atoms with van der Waals surface area (Å²) in [5, 5.41) is 1.73. The second-order valence-corrected chi connectivity index (χ2v) is 11.6. The first kappa shape index (κ1) is 25.1. The number of nitrogens with one attached hydrogen (secondary N) is 1. The molecule has 4 rings (SSSR count). The number of carbonyl (C=O) groups excluding carboxylic acids is 1. The van der Waals surface area contributed by atoms with Crippen molar-refractivity contribution in [3.8, 4) is 17.4 Å². The first-order valence-electron chi connectivity index (χ1n) is 11.2. The molecule has 186 valence electrons. The Bertz CT molecular complexity index is 1360. The molecule has 1 aromatic carbocycles. The molecule has 9 nitrogen and oxygen atoms in total. The van der Waals surface area contributed by atoms with E-state index in [0.717, 1.165) is 27.9 Å². The fourth-order valence-electron chi connectivity index (χ4n) is 3.55. The number of hydrogen-bond acceptors (Lipinski definition) is 9. The Balaban J connectivity index is 1.59. The SMILES string of the molecule is CCOC(=O)CC1CN=C(c2cc3cc(Oc4ccc(S(C)(=O)=O)cn4)cc(OC(C)C)c3[nH]2)S1. The third kappa shape index (κ3) is 6.15. The highest BCUT2D eigenvalue weighted by molar-refractivity contribution is 8.15. The van der Waals surface area contributed by atoms with E-state index in [9.17, 15) is 13.2 Å². The van der Waals surface area contributed by atoms with E-state index < -0.39 is 9.84 Å². The van der Waals surface area contributed by atoms with Gasteiger partial charge in [0.2, 0.25) is 5.88 Å². The maximum atomic E-state index is 11.8. The molecule has 0 radical (unpaired) electrons.